The Balaban J connectivity index is 2.45. The van der Waals surface area contributed by atoms with Crippen molar-refractivity contribution in [1.29, 1.82) is 5.26 Å². The molecule has 0 aliphatic carbocycles. The molecule has 0 aliphatic rings. The van der Waals surface area contributed by atoms with Gasteiger partial charge in [-0.25, -0.2) is 9.97 Å². The molecular weight excluding hydrogens is 290 g/mol. The van der Waals surface area contributed by atoms with Crippen molar-refractivity contribution in [3.63, 3.8) is 0 Å². The van der Waals surface area contributed by atoms with Gasteiger partial charge in [0.25, 0.3) is 0 Å². The molecule has 0 radical (unpaired) electrons. The molecule has 0 saturated carbocycles. The normalized spacial score (nSPS) is 12.7. The lowest BCUT2D eigenvalue weighted by atomic mass is 10.1. The third kappa shape index (κ3) is 3.47. The molecule has 0 aliphatic heterocycles. The Labute approximate surface area is 127 Å². The van der Waals surface area contributed by atoms with E-state index in [2.05, 4.69) is 9.97 Å². The number of hydrogen-bond donors (Lipinski definition) is 0. The van der Waals surface area contributed by atoms with Crippen LogP contribution < -0.4 is 0 Å². The highest BCUT2D eigenvalue weighted by Crippen LogP contribution is 2.26. The Hall–Kier alpha value is -2.19. The van der Waals surface area contributed by atoms with Gasteiger partial charge in [0.05, 0.1) is 17.1 Å². The lowest BCUT2D eigenvalue weighted by Crippen LogP contribution is -2.28. The molecule has 0 fully saturated rings. The summed E-state index contributed by atoms with van der Waals surface area (Å²) in [5, 5.41) is 9.30. The molecule has 1 aromatic carbocycles. The van der Waals surface area contributed by atoms with Crippen LogP contribution in [0, 0.1) is 11.3 Å². The molecule has 0 N–H and O–H groups in total. The highest BCUT2D eigenvalue weighted by atomic mass is 35.5. The first-order valence-corrected chi connectivity index (χ1v) is 6.74. The Morgan fingerprint density at radius 1 is 1.29 bits per heavy atom. The minimum Gasteiger partial charge on any atom is -0.459 e. The standard InChI is InChI=1S/C15H14ClN3O2/c1-15(2,3)21-14(20)9(8-17)12-13(16)19-11-7-5-4-6-10(11)18-12/h4-7,9H,1-3H3/t9-/m0/s1. The predicted octanol–water partition coefficient (Wildman–Crippen LogP) is 3.23. The van der Waals surface area contributed by atoms with Crippen LogP contribution in [0.25, 0.3) is 11.0 Å². The van der Waals surface area contributed by atoms with E-state index in [4.69, 9.17) is 16.3 Å². The van der Waals surface area contributed by atoms with Crippen molar-refractivity contribution in [3.8, 4) is 6.07 Å². The van der Waals surface area contributed by atoms with Crippen LogP contribution in [0.15, 0.2) is 24.3 Å². The van der Waals surface area contributed by atoms with Gasteiger partial charge in [-0.05, 0) is 32.9 Å². The molecule has 0 amide bonds. The fraction of sp³-hybridized carbons (Fsp3) is 0.333. The lowest BCUT2D eigenvalue weighted by molar-refractivity contribution is -0.155. The monoisotopic (exact) mass is 303 g/mol. The molecule has 108 valence electrons. The maximum absolute atomic E-state index is 12.1. The molecule has 6 heteroatoms. The molecule has 5 nitrogen and oxygen atoms in total. The number of nitrogens with zero attached hydrogens (tertiary/aromatic N) is 3. The van der Waals surface area contributed by atoms with E-state index in [1.165, 1.54) is 0 Å². The van der Waals surface area contributed by atoms with E-state index in [1.54, 1.807) is 39.0 Å². The number of ether oxygens (including phenoxy) is 1. The zero-order valence-electron chi connectivity index (χ0n) is 11.9. The summed E-state index contributed by atoms with van der Waals surface area (Å²) in [7, 11) is 0. The van der Waals surface area contributed by atoms with Crippen LogP contribution >= 0.6 is 11.6 Å². The van der Waals surface area contributed by atoms with Crippen molar-refractivity contribution >= 4 is 28.6 Å². The smallest absolute Gasteiger partial charge is 0.330 e. The summed E-state index contributed by atoms with van der Waals surface area (Å²) < 4.78 is 5.22. The Morgan fingerprint density at radius 3 is 2.38 bits per heavy atom. The van der Waals surface area contributed by atoms with Gasteiger partial charge < -0.3 is 4.74 Å². The SMILES string of the molecule is CC(C)(C)OC(=O)[C@@H](C#N)c1nc2ccccc2nc1Cl. The number of aromatic nitrogens is 2. The van der Waals surface area contributed by atoms with Gasteiger partial charge in [0.2, 0.25) is 0 Å². The van der Waals surface area contributed by atoms with Crippen molar-refractivity contribution in [1.82, 2.24) is 9.97 Å². The summed E-state index contributed by atoms with van der Waals surface area (Å²) in [6, 6.07) is 8.99. The molecule has 1 atom stereocenters. The van der Waals surface area contributed by atoms with Crippen LogP contribution in [0.2, 0.25) is 5.15 Å². The first-order chi connectivity index (χ1) is 9.81. The number of para-hydroxylation sites is 2. The zero-order valence-corrected chi connectivity index (χ0v) is 12.7. The fourth-order valence-corrected chi connectivity index (χ4v) is 2.00. The molecule has 0 spiro atoms. The number of halogens is 1. The second-order valence-corrected chi connectivity index (χ2v) is 5.84. The highest BCUT2D eigenvalue weighted by Gasteiger charge is 2.30. The second kappa shape index (κ2) is 5.66. The Morgan fingerprint density at radius 2 is 1.86 bits per heavy atom. The van der Waals surface area contributed by atoms with Crippen LogP contribution in [0.4, 0.5) is 0 Å². The van der Waals surface area contributed by atoms with Crippen molar-refractivity contribution < 1.29 is 9.53 Å². The lowest BCUT2D eigenvalue weighted by Gasteiger charge is -2.21. The summed E-state index contributed by atoms with van der Waals surface area (Å²) in [5.74, 6) is -1.88. The minimum absolute atomic E-state index is 0.0334. The van der Waals surface area contributed by atoms with Gasteiger partial charge in [0, 0.05) is 0 Å². The zero-order chi connectivity index (χ0) is 15.6. The number of esters is 1. The van der Waals surface area contributed by atoms with E-state index in [1.807, 2.05) is 12.1 Å². The molecule has 1 heterocycles. The van der Waals surface area contributed by atoms with Gasteiger partial charge in [0.1, 0.15) is 11.3 Å². The quantitative estimate of drug-likeness (QED) is 0.796. The predicted molar refractivity (Wildman–Crippen MR) is 78.7 cm³/mol. The molecule has 0 saturated heterocycles. The van der Waals surface area contributed by atoms with Crippen molar-refractivity contribution in [2.45, 2.75) is 32.3 Å². The van der Waals surface area contributed by atoms with Gasteiger partial charge in [-0.3, -0.25) is 4.79 Å². The van der Waals surface area contributed by atoms with Crippen molar-refractivity contribution in [2.24, 2.45) is 0 Å². The average molecular weight is 304 g/mol. The first-order valence-electron chi connectivity index (χ1n) is 6.36. The molecule has 1 aromatic heterocycles. The van der Waals surface area contributed by atoms with Crippen LogP contribution in [0.3, 0.4) is 0 Å². The number of nitriles is 1. The molecular formula is C15H14ClN3O2. The Bertz CT molecular complexity index is 732. The van der Waals surface area contributed by atoms with E-state index in [9.17, 15) is 10.1 Å². The Kier molecular flexibility index (Phi) is 4.10. The van der Waals surface area contributed by atoms with Crippen molar-refractivity contribution in [3.05, 3.63) is 35.1 Å². The number of rotatable bonds is 2. The van der Waals surface area contributed by atoms with Crippen LogP contribution in [-0.2, 0) is 9.53 Å². The third-order valence-electron chi connectivity index (χ3n) is 2.60. The van der Waals surface area contributed by atoms with Crippen LogP contribution in [-0.4, -0.2) is 21.5 Å². The number of hydrogen-bond acceptors (Lipinski definition) is 5. The summed E-state index contributed by atoms with van der Waals surface area (Å²) in [5.41, 5.74) is 0.600. The highest BCUT2D eigenvalue weighted by molar-refractivity contribution is 6.30. The number of fused-ring (bicyclic) bond motifs is 1. The van der Waals surface area contributed by atoms with Gasteiger partial charge in [-0.1, -0.05) is 23.7 Å². The number of benzene rings is 1. The van der Waals surface area contributed by atoms with Gasteiger partial charge in [0.15, 0.2) is 11.1 Å². The third-order valence-corrected chi connectivity index (χ3v) is 2.88. The molecule has 2 aromatic rings. The second-order valence-electron chi connectivity index (χ2n) is 5.48. The first kappa shape index (κ1) is 15.2. The van der Waals surface area contributed by atoms with Crippen LogP contribution in [0.1, 0.15) is 32.4 Å². The fourth-order valence-electron chi connectivity index (χ4n) is 1.76. The summed E-state index contributed by atoms with van der Waals surface area (Å²) in [4.78, 5) is 20.6. The van der Waals surface area contributed by atoms with E-state index in [0.29, 0.717) is 11.0 Å². The average Bonchev–Trinajstić information content (AvgIpc) is 2.38. The minimum atomic E-state index is -1.20. The van der Waals surface area contributed by atoms with Crippen LogP contribution in [0.5, 0.6) is 0 Å². The maximum atomic E-state index is 12.1. The molecule has 0 bridgehead atoms. The van der Waals surface area contributed by atoms with E-state index < -0.39 is 17.5 Å². The largest absolute Gasteiger partial charge is 0.459 e. The maximum Gasteiger partial charge on any atom is 0.330 e. The molecule has 0 unspecified atom stereocenters. The number of carbonyl (C=O) groups is 1. The van der Waals surface area contributed by atoms with Gasteiger partial charge in [-0.2, -0.15) is 5.26 Å². The van der Waals surface area contributed by atoms with E-state index >= 15 is 0 Å². The molecule has 2 rings (SSSR count). The topological polar surface area (TPSA) is 75.9 Å². The summed E-state index contributed by atoms with van der Waals surface area (Å²) in [6.07, 6.45) is 0. The van der Waals surface area contributed by atoms with Crippen molar-refractivity contribution in [2.75, 3.05) is 0 Å². The summed E-state index contributed by atoms with van der Waals surface area (Å²) in [6.45, 7) is 5.19. The number of carbonyl (C=O) groups excluding carboxylic acids is 1. The molecule has 21 heavy (non-hydrogen) atoms. The van der Waals surface area contributed by atoms with E-state index in [-0.39, 0.29) is 10.8 Å². The van der Waals surface area contributed by atoms with Gasteiger partial charge >= 0.3 is 5.97 Å². The van der Waals surface area contributed by atoms with E-state index in [0.717, 1.165) is 0 Å². The summed E-state index contributed by atoms with van der Waals surface area (Å²) >= 11 is 6.06. The van der Waals surface area contributed by atoms with Gasteiger partial charge in [-0.15, -0.1) is 0 Å².